The number of aromatic amines is 1. The van der Waals surface area contributed by atoms with E-state index in [2.05, 4.69) is 39.5 Å². The molecule has 0 aromatic carbocycles. The Labute approximate surface area is 163 Å². The SMILES string of the molecule is CC(C)n1nc(-c2cnc3[nH]cc(F)c3c2)cc1C1CCN(C2COC2)CC1. The molecular formula is C21H26FN5O. The second kappa shape index (κ2) is 6.97. The van der Waals surface area contributed by atoms with Crippen LogP contribution >= 0.6 is 0 Å². The van der Waals surface area contributed by atoms with Gasteiger partial charge < -0.3 is 9.72 Å². The Hall–Kier alpha value is -2.25. The number of H-pyrrole nitrogens is 1. The molecule has 2 aliphatic rings. The molecule has 5 heterocycles. The van der Waals surface area contributed by atoms with Crippen molar-refractivity contribution in [2.45, 2.75) is 44.7 Å². The Morgan fingerprint density at radius 3 is 2.68 bits per heavy atom. The summed E-state index contributed by atoms with van der Waals surface area (Å²) in [6, 6.07) is 4.91. The molecule has 0 radical (unpaired) electrons. The molecule has 0 amide bonds. The summed E-state index contributed by atoms with van der Waals surface area (Å²) < 4.78 is 21.5. The predicted octanol–water partition coefficient (Wildman–Crippen LogP) is 3.72. The third-order valence-corrected chi connectivity index (χ3v) is 6.11. The highest BCUT2D eigenvalue weighted by atomic mass is 19.1. The van der Waals surface area contributed by atoms with E-state index in [0.717, 1.165) is 50.4 Å². The van der Waals surface area contributed by atoms with Crippen LogP contribution in [0.15, 0.2) is 24.5 Å². The Morgan fingerprint density at radius 2 is 2.00 bits per heavy atom. The molecule has 0 bridgehead atoms. The second-order valence-electron chi connectivity index (χ2n) is 8.25. The van der Waals surface area contributed by atoms with Gasteiger partial charge in [0.05, 0.1) is 30.3 Å². The predicted molar refractivity (Wildman–Crippen MR) is 106 cm³/mol. The zero-order chi connectivity index (χ0) is 19.3. The molecule has 5 rings (SSSR count). The first-order valence-corrected chi connectivity index (χ1v) is 10.1. The van der Waals surface area contributed by atoms with E-state index in [1.54, 1.807) is 6.20 Å². The number of ether oxygens (including phenoxy) is 1. The minimum Gasteiger partial charge on any atom is -0.378 e. The van der Waals surface area contributed by atoms with Gasteiger partial charge in [-0.25, -0.2) is 9.37 Å². The molecule has 0 atom stereocenters. The third-order valence-electron chi connectivity index (χ3n) is 6.11. The fourth-order valence-electron chi connectivity index (χ4n) is 4.37. The van der Waals surface area contributed by atoms with Gasteiger partial charge in [0, 0.05) is 35.6 Å². The molecule has 2 aliphatic heterocycles. The van der Waals surface area contributed by atoms with Crippen LogP contribution in [0, 0.1) is 5.82 Å². The van der Waals surface area contributed by atoms with Crippen LogP contribution < -0.4 is 0 Å². The number of aromatic nitrogens is 4. The average Bonchev–Trinajstić information content (AvgIpc) is 3.25. The monoisotopic (exact) mass is 383 g/mol. The standard InChI is InChI=1S/C21H26FN5O/c1-13(2)27-20(14-3-5-26(6-4-14)16-11-28-12-16)8-19(25-27)15-7-17-18(22)10-24-21(17)23-9-15/h7-10,13-14,16H,3-6,11-12H2,1-2H3,(H,23,24). The fourth-order valence-corrected chi connectivity index (χ4v) is 4.37. The van der Waals surface area contributed by atoms with E-state index in [1.165, 1.54) is 11.9 Å². The summed E-state index contributed by atoms with van der Waals surface area (Å²) in [5, 5.41) is 5.38. The van der Waals surface area contributed by atoms with Crippen LogP contribution in [0.1, 0.15) is 44.3 Å². The molecule has 1 N–H and O–H groups in total. The highest BCUT2D eigenvalue weighted by Gasteiger charge is 2.31. The molecule has 0 aliphatic carbocycles. The Morgan fingerprint density at radius 1 is 1.21 bits per heavy atom. The molecule has 0 unspecified atom stereocenters. The molecule has 3 aromatic heterocycles. The highest BCUT2D eigenvalue weighted by molar-refractivity contribution is 5.81. The van der Waals surface area contributed by atoms with Crippen molar-refractivity contribution < 1.29 is 9.13 Å². The first kappa shape index (κ1) is 17.8. The summed E-state index contributed by atoms with van der Waals surface area (Å²) in [6.07, 6.45) is 5.39. The molecular weight excluding hydrogens is 357 g/mol. The number of nitrogens with zero attached hydrogens (tertiary/aromatic N) is 4. The zero-order valence-electron chi connectivity index (χ0n) is 16.4. The quantitative estimate of drug-likeness (QED) is 0.746. The lowest BCUT2D eigenvalue weighted by molar-refractivity contribution is -0.0714. The summed E-state index contributed by atoms with van der Waals surface area (Å²) in [4.78, 5) is 9.77. The third kappa shape index (κ3) is 3.02. The second-order valence-corrected chi connectivity index (χ2v) is 8.25. The van der Waals surface area contributed by atoms with Crippen LogP contribution in [-0.2, 0) is 4.74 Å². The Balaban J connectivity index is 1.43. The van der Waals surface area contributed by atoms with Crippen molar-refractivity contribution in [3.8, 4) is 11.3 Å². The van der Waals surface area contributed by atoms with Gasteiger partial charge in [-0.2, -0.15) is 5.10 Å². The minimum atomic E-state index is -0.278. The molecule has 3 aromatic rings. The molecule has 7 heteroatoms. The number of hydrogen-bond acceptors (Lipinski definition) is 4. The van der Waals surface area contributed by atoms with Gasteiger partial charge in [-0.1, -0.05) is 0 Å². The van der Waals surface area contributed by atoms with Gasteiger partial charge in [-0.05, 0) is 51.9 Å². The van der Waals surface area contributed by atoms with E-state index in [1.807, 2.05) is 6.07 Å². The molecule has 6 nitrogen and oxygen atoms in total. The van der Waals surface area contributed by atoms with E-state index in [0.29, 0.717) is 23.0 Å². The van der Waals surface area contributed by atoms with Crippen molar-refractivity contribution in [2.24, 2.45) is 0 Å². The van der Waals surface area contributed by atoms with Gasteiger partial charge >= 0.3 is 0 Å². The van der Waals surface area contributed by atoms with Crippen LogP contribution in [0.4, 0.5) is 4.39 Å². The number of hydrogen-bond donors (Lipinski definition) is 1. The topological polar surface area (TPSA) is 59.0 Å². The summed E-state index contributed by atoms with van der Waals surface area (Å²) >= 11 is 0. The average molecular weight is 383 g/mol. The number of fused-ring (bicyclic) bond motifs is 1. The van der Waals surface area contributed by atoms with Gasteiger partial charge in [-0.15, -0.1) is 0 Å². The van der Waals surface area contributed by atoms with Gasteiger partial charge in [0.25, 0.3) is 0 Å². The molecule has 28 heavy (non-hydrogen) atoms. The van der Waals surface area contributed by atoms with Crippen molar-refractivity contribution >= 4 is 11.0 Å². The van der Waals surface area contributed by atoms with Crippen LogP contribution in [0.2, 0.25) is 0 Å². The van der Waals surface area contributed by atoms with Crippen molar-refractivity contribution in [1.82, 2.24) is 24.6 Å². The number of rotatable bonds is 4. The van der Waals surface area contributed by atoms with Gasteiger partial charge in [-0.3, -0.25) is 9.58 Å². The van der Waals surface area contributed by atoms with E-state index in [4.69, 9.17) is 9.84 Å². The molecule has 148 valence electrons. The summed E-state index contributed by atoms with van der Waals surface area (Å²) in [5.74, 6) is 0.224. The molecule has 2 saturated heterocycles. The lowest BCUT2D eigenvalue weighted by atomic mass is 9.91. The largest absolute Gasteiger partial charge is 0.378 e. The highest BCUT2D eigenvalue weighted by Crippen LogP contribution is 2.34. The van der Waals surface area contributed by atoms with Crippen molar-refractivity contribution in [3.05, 3.63) is 36.0 Å². The normalized spacial score (nSPS) is 19.6. The first-order chi connectivity index (χ1) is 13.6. The van der Waals surface area contributed by atoms with E-state index in [-0.39, 0.29) is 11.9 Å². The fraction of sp³-hybridized carbons (Fsp3) is 0.524. The maximum Gasteiger partial charge on any atom is 0.150 e. The van der Waals surface area contributed by atoms with E-state index < -0.39 is 0 Å². The van der Waals surface area contributed by atoms with Crippen LogP contribution in [0.25, 0.3) is 22.3 Å². The molecule has 0 saturated carbocycles. The van der Waals surface area contributed by atoms with Crippen molar-refractivity contribution in [1.29, 1.82) is 0 Å². The summed E-state index contributed by atoms with van der Waals surface area (Å²) in [6.45, 7) is 8.30. The molecule has 2 fully saturated rings. The maximum atomic E-state index is 14.0. The zero-order valence-corrected chi connectivity index (χ0v) is 16.4. The first-order valence-electron chi connectivity index (χ1n) is 10.1. The van der Waals surface area contributed by atoms with Gasteiger partial charge in [0.15, 0.2) is 0 Å². The van der Waals surface area contributed by atoms with Crippen LogP contribution in [-0.4, -0.2) is 57.0 Å². The smallest absolute Gasteiger partial charge is 0.150 e. The number of piperidine rings is 1. The van der Waals surface area contributed by atoms with E-state index in [9.17, 15) is 4.39 Å². The lowest BCUT2D eigenvalue weighted by Crippen LogP contribution is -2.51. The maximum absolute atomic E-state index is 14.0. The van der Waals surface area contributed by atoms with E-state index >= 15 is 0 Å². The summed E-state index contributed by atoms with van der Waals surface area (Å²) in [7, 11) is 0. The number of nitrogens with one attached hydrogen (secondary N) is 1. The number of likely N-dealkylation sites (tertiary alicyclic amines) is 1. The van der Waals surface area contributed by atoms with Gasteiger partial charge in [0.2, 0.25) is 0 Å². The number of pyridine rings is 1. The molecule has 0 spiro atoms. The summed E-state index contributed by atoms with van der Waals surface area (Å²) in [5.41, 5.74) is 3.57. The Bertz CT molecular complexity index is 982. The Kier molecular flexibility index (Phi) is 4.44. The number of halogens is 1. The van der Waals surface area contributed by atoms with Crippen molar-refractivity contribution in [2.75, 3.05) is 26.3 Å². The van der Waals surface area contributed by atoms with Crippen LogP contribution in [0.5, 0.6) is 0 Å². The minimum absolute atomic E-state index is 0.278. The van der Waals surface area contributed by atoms with Crippen LogP contribution in [0.3, 0.4) is 0 Å². The van der Waals surface area contributed by atoms with Crippen molar-refractivity contribution in [3.63, 3.8) is 0 Å². The van der Waals surface area contributed by atoms with Gasteiger partial charge in [0.1, 0.15) is 11.5 Å². The lowest BCUT2D eigenvalue weighted by Gasteiger charge is -2.41.